The Morgan fingerprint density at radius 1 is 1.22 bits per heavy atom. The molecule has 0 atom stereocenters. The summed E-state index contributed by atoms with van der Waals surface area (Å²) in [5.74, 6) is 1.02. The molecule has 23 heavy (non-hydrogen) atoms. The highest BCUT2D eigenvalue weighted by atomic mass is 16.5. The van der Waals surface area contributed by atoms with Gasteiger partial charge in [-0.25, -0.2) is 4.79 Å². The van der Waals surface area contributed by atoms with Crippen molar-refractivity contribution in [2.24, 2.45) is 4.99 Å². The molecule has 0 radical (unpaired) electrons. The van der Waals surface area contributed by atoms with Crippen LogP contribution in [0.3, 0.4) is 0 Å². The van der Waals surface area contributed by atoms with Gasteiger partial charge in [0.25, 0.3) is 0 Å². The number of fused-ring (bicyclic) bond motifs is 3. The van der Waals surface area contributed by atoms with Crippen LogP contribution < -0.4 is 9.47 Å². The van der Waals surface area contributed by atoms with Gasteiger partial charge >= 0.3 is 5.97 Å². The maximum absolute atomic E-state index is 12.3. The van der Waals surface area contributed by atoms with Crippen LogP contribution in [0.4, 0.5) is 0 Å². The molecule has 1 aromatic rings. The Morgan fingerprint density at radius 3 is 2.52 bits per heavy atom. The van der Waals surface area contributed by atoms with Crippen LogP contribution in [0.1, 0.15) is 44.4 Å². The van der Waals surface area contributed by atoms with Gasteiger partial charge in [0, 0.05) is 17.5 Å². The summed E-state index contributed by atoms with van der Waals surface area (Å²) in [6.45, 7) is 8.08. The summed E-state index contributed by atoms with van der Waals surface area (Å²) < 4.78 is 16.6. The number of nitrogens with zero attached hydrogens (tertiary/aromatic N) is 1. The molecule has 5 nitrogen and oxygen atoms in total. The van der Waals surface area contributed by atoms with E-state index in [0.717, 1.165) is 23.1 Å². The van der Waals surface area contributed by atoms with Crippen LogP contribution in [0.15, 0.2) is 11.1 Å². The number of aliphatic imine (C=N–C) groups is 1. The first kappa shape index (κ1) is 15.8. The molecule has 0 bridgehead atoms. The van der Waals surface area contributed by atoms with Gasteiger partial charge in [0.05, 0.1) is 19.8 Å². The molecule has 1 aromatic carbocycles. The summed E-state index contributed by atoms with van der Waals surface area (Å²) in [6.07, 6.45) is 1.45. The molecule has 0 unspecified atom stereocenters. The summed E-state index contributed by atoms with van der Waals surface area (Å²) in [6, 6.07) is 1.97. The highest BCUT2D eigenvalue weighted by Gasteiger charge is 2.41. The van der Waals surface area contributed by atoms with Gasteiger partial charge in [-0.2, -0.15) is 0 Å². The van der Waals surface area contributed by atoms with Gasteiger partial charge in [-0.1, -0.05) is 0 Å². The molecule has 2 aliphatic heterocycles. The van der Waals surface area contributed by atoms with E-state index in [-0.39, 0.29) is 11.1 Å². The van der Waals surface area contributed by atoms with Crippen molar-refractivity contribution in [3.05, 3.63) is 22.8 Å². The third-order valence-electron chi connectivity index (χ3n) is 4.28. The highest BCUT2D eigenvalue weighted by Crippen LogP contribution is 2.47. The number of hydrogen-bond donors (Lipinski definition) is 0. The zero-order valence-corrected chi connectivity index (χ0v) is 14.6. The van der Waals surface area contributed by atoms with E-state index in [0.29, 0.717) is 23.6 Å². The fraction of sp³-hybridized carbons (Fsp3) is 0.556. The van der Waals surface area contributed by atoms with Gasteiger partial charge in [-0.05, 0) is 45.7 Å². The van der Waals surface area contributed by atoms with Crippen LogP contribution in [0.25, 0.3) is 0 Å². The average Bonchev–Trinajstić information content (AvgIpc) is 2.78. The van der Waals surface area contributed by atoms with Crippen molar-refractivity contribution in [1.29, 1.82) is 0 Å². The van der Waals surface area contributed by atoms with Crippen molar-refractivity contribution < 1.29 is 19.0 Å². The molecule has 0 amide bonds. The first-order chi connectivity index (χ1) is 10.7. The minimum Gasteiger partial charge on any atom is -0.493 e. The normalized spacial score (nSPS) is 20.0. The third-order valence-corrected chi connectivity index (χ3v) is 4.28. The molecular weight excluding hydrogens is 294 g/mol. The van der Waals surface area contributed by atoms with E-state index >= 15 is 0 Å². The van der Waals surface area contributed by atoms with Crippen molar-refractivity contribution in [2.75, 3.05) is 14.2 Å². The van der Waals surface area contributed by atoms with Gasteiger partial charge < -0.3 is 14.2 Å². The van der Waals surface area contributed by atoms with Crippen LogP contribution in [0, 0.1) is 0 Å². The monoisotopic (exact) mass is 317 g/mol. The lowest BCUT2D eigenvalue weighted by atomic mass is 9.82. The van der Waals surface area contributed by atoms with Gasteiger partial charge in [0.15, 0.2) is 17.2 Å². The van der Waals surface area contributed by atoms with Crippen molar-refractivity contribution in [3.8, 4) is 11.5 Å². The van der Waals surface area contributed by atoms with Gasteiger partial charge in [-0.3, -0.25) is 4.99 Å². The number of esters is 1. The maximum atomic E-state index is 12.3. The quantitative estimate of drug-likeness (QED) is 0.787. The predicted molar refractivity (Wildman–Crippen MR) is 87.7 cm³/mol. The number of hydrogen-bond acceptors (Lipinski definition) is 5. The van der Waals surface area contributed by atoms with Gasteiger partial charge in [0.2, 0.25) is 0 Å². The average molecular weight is 317 g/mol. The number of benzene rings is 1. The molecular formula is C18H23NO4. The minimum absolute atomic E-state index is 0.334. The topological polar surface area (TPSA) is 57.1 Å². The van der Waals surface area contributed by atoms with Crippen molar-refractivity contribution in [2.45, 2.75) is 51.7 Å². The van der Waals surface area contributed by atoms with E-state index in [4.69, 9.17) is 14.2 Å². The Labute approximate surface area is 136 Å². The summed E-state index contributed by atoms with van der Waals surface area (Å²) in [7, 11) is 3.02. The Bertz CT molecular complexity index is 716. The molecule has 2 heterocycles. The first-order valence-corrected chi connectivity index (χ1v) is 7.78. The second kappa shape index (κ2) is 4.98. The molecule has 2 aliphatic rings. The van der Waals surface area contributed by atoms with Crippen molar-refractivity contribution >= 4 is 11.7 Å². The zero-order valence-electron chi connectivity index (χ0n) is 14.6. The fourth-order valence-electron chi connectivity index (χ4n) is 3.47. The molecule has 0 N–H and O–H groups in total. The second-order valence-electron chi connectivity index (χ2n) is 7.40. The SMILES string of the molecule is COC(=O)C1=NC(C)(C)Cc2cc(OC)c3c(c21)CC(C)(C)O3. The molecule has 124 valence electrons. The Hall–Kier alpha value is -2.04. The molecule has 0 saturated heterocycles. The standard InChI is InChI=1S/C18H23NO4/c1-17(2)8-10-7-12(21-5)15-11(9-18(3,4)23-15)13(10)14(19-17)16(20)22-6/h7H,8-9H2,1-6H3. The summed E-state index contributed by atoms with van der Waals surface area (Å²) in [5.41, 5.74) is 2.60. The summed E-state index contributed by atoms with van der Waals surface area (Å²) in [5, 5.41) is 0. The van der Waals surface area contributed by atoms with Crippen LogP contribution in [-0.2, 0) is 22.4 Å². The van der Waals surface area contributed by atoms with E-state index in [9.17, 15) is 4.79 Å². The number of rotatable bonds is 2. The number of carbonyl (C=O) groups is 1. The molecule has 3 rings (SSSR count). The minimum atomic E-state index is -0.406. The molecule has 0 spiro atoms. The van der Waals surface area contributed by atoms with Crippen molar-refractivity contribution in [3.63, 3.8) is 0 Å². The number of methoxy groups -OCH3 is 2. The largest absolute Gasteiger partial charge is 0.493 e. The molecule has 0 saturated carbocycles. The number of carbonyl (C=O) groups excluding carboxylic acids is 1. The maximum Gasteiger partial charge on any atom is 0.356 e. The van der Waals surface area contributed by atoms with Crippen LogP contribution >= 0.6 is 0 Å². The molecule has 0 aromatic heterocycles. The lowest BCUT2D eigenvalue weighted by Gasteiger charge is -2.29. The highest BCUT2D eigenvalue weighted by molar-refractivity contribution is 6.44. The van der Waals surface area contributed by atoms with Crippen molar-refractivity contribution in [1.82, 2.24) is 0 Å². The lowest BCUT2D eigenvalue weighted by Crippen LogP contribution is -2.34. The summed E-state index contributed by atoms with van der Waals surface area (Å²) in [4.78, 5) is 17.0. The zero-order chi connectivity index (χ0) is 17.0. The van der Waals surface area contributed by atoms with E-state index in [1.165, 1.54) is 7.11 Å². The van der Waals surface area contributed by atoms with E-state index in [1.54, 1.807) is 7.11 Å². The van der Waals surface area contributed by atoms with Crippen LogP contribution in [0.5, 0.6) is 11.5 Å². The Morgan fingerprint density at radius 2 is 1.91 bits per heavy atom. The molecule has 0 fully saturated rings. The van der Waals surface area contributed by atoms with Gasteiger partial charge in [-0.15, -0.1) is 0 Å². The van der Waals surface area contributed by atoms with E-state index < -0.39 is 5.97 Å². The molecule has 5 heteroatoms. The Kier molecular flexibility index (Phi) is 3.43. The Balaban J connectivity index is 2.28. The second-order valence-corrected chi connectivity index (χ2v) is 7.40. The smallest absolute Gasteiger partial charge is 0.356 e. The third kappa shape index (κ3) is 2.58. The van der Waals surface area contributed by atoms with Crippen LogP contribution in [-0.4, -0.2) is 37.0 Å². The summed E-state index contributed by atoms with van der Waals surface area (Å²) >= 11 is 0. The molecule has 0 aliphatic carbocycles. The number of ether oxygens (including phenoxy) is 3. The lowest BCUT2D eigenvalue weighted by molar-refractivity contribution is -0.132. The van der Waals surface area contributed by atoms with Gasteiger partial charge in [0.1, 0.15) is 5.60 Å². The predicted octanol–water partition coefficient (Wildman–Crippen LogP) is 2.71. The fourth-order valence-corrected chi connectivity index (χ4v) is 3.47. The van der Waals surface area contributed by atoms with Crippen LogP contribution in [0.2, 0.25) is 0 Å². The van der Waals surface area contributed by atoms with E-state index in [1.807, 2.05) is 33.8 Å². The first-order valence-electron chi connectivity index (χ1n) is 7.78. The van der Waals surface area contributed by atoms with E-state index in [2.05, 4.69) is 4.99 Å².